The summed E-state index contributed by atoms with van der Waals surface area (Å²) in [4.78, 5) is 24.8. The van der Waals surface area contributed by atoms with Crippen LogP contribution in [0.25, 0.3) is 0 Å². The molecule has 0 radical (unpaired) electrons. The lowest BCUT2D eigenvalue weighted by atomic mass is 10.1. The summed E-state index contributed by atoms with van der Waals surface area (Å²) in [6.45, 7) is 1.68. The van der Waals surface area contributed by atoms with Crippen LogP contribution in [0.3, 0.4) is 0 Å². The number of carbonyl (C=O) groups is 2. The SMILES string of the molecule is C[C@H](NC(=O)CCCC(=O)N(C)C)c1c(Cl)ccc(F)c1Cl. The molecule has 1 rings (SSSR count). The Morgan fingerprint density at radius 2 is 1.91 bits per heavy atom. The number of hydrogen-bond donors (Lipinski definition) is 1. The minimum Gasteiger partial charge on any atom is -0.349 e. The van der Waals surface area contributed by atoms with Gasteiger partial charge in [0.1, 0.15) is 5.82 Å². The molecule has 22 heavy (non-hydrogen) atoms. The van der Waals surface area contributed by atoms with E-state index < -0.39 is 11.9 Å². The van der Waals surface area contributed by atoms with Gasteiger partial charge in [-0.25, -0.2) is 4.39 Å². The van der Waals surface area contributed by atoms with Gasteiger partial charge >= 0.3 is 0 Å². The summed E-state index contributed by atoms with van der Waals surface area (Å²) in [6, 6.07) is 2.05. The molecule has 122 valence electrons. The molecule has 0 fully saturated rings. The highest BCUT2D eigenvalue weighted by molar-refractivity contribution is 6.36. The molecule has 0 bridgehead atoms. The molecule has 1 aromatic rings. The maximum Gasteiger partial charge on any atom is 0.222 e. The maximum atomic E-state index is 13.5. The van der Waals surface area contributed by atoms with E-state index in [2.05, 4.69) is 5.32 Å². The van der Waals surface area contributed by atoms with Crippen molar-refractivity contribution < 1.29 is 14.0 Å². The maximum absolute atomic E-state index is 13.5. The van der Waals surface area contributed by atoms with Gasteiger partial charge in [0.2, 0.25) is 11.8 Å². The monoisotopic (exact) mass is 348 g/mol. The Kier molecular flexibility index (Phi) is 7.10. The fourth-order valence-corrected chi connectivity index (χ4v) is 2.65. The van der Waals surface area contributed by atoms with Crippen molar-refractivity contribution in [3.63, 3.8) is 0 Å². The van der Waals surface area contributed by atoms with Crippen LogP contribution in [0.5, 0.6) is 0 Å². The van der Waals surface area contributed by atoms with Crippen LogP contribution in [0.2, 0.25) is 10.0 Å². The molecule has 1 atom stereocenters. The van der Waals surface area contributed by atoms with Crippen molar-refractivity contribution in [1.29, 1.82) is 0 Å². The largest absolute Gasteiger partial charge is 0.349 e. The van der Waals surface area contributed by atoms with E-state index in [4.69, 9.17) is 23.2 Å². The molecule has 0 saturated carbocycles. The zero-order valence-corrected chi connectivity index (χ0v) is 14.3. The van der Waals surface area contributed by atoms with Crippen molar-refractivity contribution in [2.24, 2.45) is 0 Å². The normalized spacial score (nSPS) is 11.9. The van der Waals surface area contributed by atoms with Crippen LogP contribution in [0.4, 0.5) is 4.39 Å². The van der Waals surface area contributed by atoms with Crippen molar-refractivity contribution in [3.8, 4) is 0 Å². The van der Waals surface area contributed by atoms with E-state index in [1.54, 1.807) is 21.0 Å². The van der Waals surface area contributed by atoms with Gasteiger partial charge in [0.05, 0.1) is 11.1 Å². The lowest BCUT2D eigenvalue weighted by Gasteiger charge is -2.17. The van der Waals surface area contributed by atoms with Gasteiger partial charge < -0.3 is 10.2 Å². The third-order valence-corrected chi connectivity index (χ3v) is 3.90. The molecule has 0 aliphatic rings. The minimum absolute atomic E-state index is 0.0305. The molecule has 0 saturated heterocycles. The van der Waals surface area contributed by atoms with E-state index in [1.165, 1.54) is 17.0 Å². The zero-order valence-electron chi connectivity index (χ0n) is 12.8. The van der Waals surface area contributed by atoms with Crippen LogP contribution >= 0.6 is 23.2 Å². The highest BCUT2D eigenvalue weighted by atomic mass is 35.5. The summed E-state index contributed by atoms with van der Waals surface area (Å²) >= 11 is 11.9. The molecular formula is C15H19Cl2FN2O2. The molecule has 1 N–H and O–H groups in total. The molecule has 1 aromatic carbocycles. The fourth-order valence-electron chi connectivity index (χ4n) is 1.95. The molecule has 0 heterocycles. The number of nitrogens with one attached hydrogen (secondary N) is 1. The second-order valence-electron chi connectivity index (χ2n) is 5.19. The molecule has 7 heteroatoms. The van der Waals surface area contributed by atoms with Crippen LogP contribution in [-0.4, -0.2) is 30.8 Å². The highest BCUT2D eigenvalue weighted by Crippen LogP contribution is 2.32. The van der Waals surface area contributed by atoms with Gasteiger partial charge in [0.25, 0.3) is 0 Å². The Bertz CT molecular complexity index is 565. The van der Waals surface area contributed by atoms with Crippen LogP contribution in [0.1, 0.15) is 37.8 Å². The van der Waals surface area contributed by atoms with Crippen molar-refractivity contribution in [1.82, 2.24) is 10.2 Å². The molecule has 0 spiro atoms. The summed E-state index contributed by atoms with van der Waals surface area (Å²) in [7, 11) is 3.33. The molecule has 0 aliphatic carbocycles. The number of benzene rings is 1. The van der Waals surface area contributed by atoms with E-state index >= 15 is 0 Å². The standard InChI is InChI=1S/C15H19Cl2FN2O2/c1-9(14-10(16)7-8-11(18)15(14)17)19-12(21)5-4-6-13(22)20(2)3/h7-9H,4-6H2,1-3H3,(H,19,21)/t9-/m0/s1. The number of amides is 2. The molecule has 2 amide bonds. The first-order chi connectivity index (χ1) is 10.2. The van der Waals surface area contributed by atoms with Crippen LogP contribution in [-0.2, 0) is 9.59 Å². The molecule has 0 aliphatic heterocycles. The Morgan fingerprint density at radius 3 is 2.50 bits per heavy atom. The lowest BCUT2D eigenvalue weighted by Crippen LogP contribution is -2.27. The average Bonchev–Trinajstić information content (AvgIpc) is 2.43. The summed E-state index contributed by atoms with van der Waals surface area (Å²) in [5.74, 6) is -0.855. The summed E-state index contributed by atoms with van der Waals surface area (Å²) < 4.78 is 13.5. The van der Waals surface area contributed by atoms with Gasteiger partial charge in [0.15, 0.2) is 0 Å². The van der Waals surface area contributed by atoms with Gasteiger partial charge in [-0.15, -0.1) is 0 Å². The van der Waals surface area contributed by atoms with Crippen molar-refractivity contribution in [3.05, 3.63) is 33.6 Å². The number of hydrogen-bond acceptors (Lipinski definition) is 2. The first kappa shape index (κ1) is 18.7. The Morgan fingerprint density at radius 1 is 1.27 bits per heavy atom. The Balaban J connectivity index is 2.58. The van der Waals surface area contributed by atoms with Crippen LogP contribution in [0.15, 0.2) is 12.1 Å². The second-order valence-corrected chi connectivity index (χ2v) is 5.97. The molecular weight excluding hydrogens is 330 g/mol. The molecule has 0 unspecified atom stereocenters. The number of rotatable bonds is 6. The fraction of sp³-hybridized carbons (Fsp3) is 0.467. The van der Waals surface area contributed by atoms with Gasteiger partial charge in [-0.3, -0.25) is 9.59 Å². The molecule has 0 aromatic heterocycles. The van der Waals surface area contributed by atoms with Crippen molar-refractivity contribution >= 4 is 35.0 Å². The van der Waals surface area contributed by atoms with E-state index in [0.29, 0.717) is 23.4 Å². The number of halogens is 3. The van der Waals surface area contributed by atoms with E-state index in [0.717, 1.165) is 0 Å². The van der Waals surface area contributed by atoms with Gasteiger partial charge in [0, 0.05) is 37.5 Å². The van der Waals surface area contributed by atoms with E-state index in [1.807, 2.05) is 0 Å². The third kappa shape index (κ3) is 5.14. The van der Waals surface area contributed by atoms with Gasteiger partial charge in [-0.1, -0.05) is 23.2 Å². The number of nitrogens with zero attached hydrogens (tertiary/aromatic N) is 1. The average molecular weight is 349 g/mol. The third-order valence-electron chi connectivity index (χ3n) is 3.18. The first-order valence-corrected chi connectivity index (χ1v) is 7.62. The smallest absolute Gasteiger partial charge is 0.222 e. The topological polar surface area (TPSA) is 49.4 Å². The Labute approximate surface area is 139 Å². The van der Waals surface area contributed by atoms with Crippen LogP contribution < -0.4 is 5.32 Å². The van der Waals surface area contributed by atoms with Gasteiger partial charge in [-0.2, -0.15) is 0 Å². The molecule has 4 nitrogen and oxygen atoms in total. The van der Waals surface area contributed by atoms with Crippen molar-refractivity contribution in [2.45, 2.75) is 32.2 Å². The summed E-state index contributed by atoms with van der Waals surface area (Å²) in [6.07, 6.45) is 0.949. The minimum atomic E-state index is -0.584. The summed E-state index contributed by atoms with van der Waals surface area (Å²) in [5.41, 5.74) is 0.348. The van der Waals surface area contributed by atoms with E-state index in [9.17, 15) is 14.0 Å². The first-order valence-electron chi connectivity index (χ1n) is 6.87. The predicted octanol–water partition coefficient (Wildman–Crippen LogP) is 3.57. The van der Waals surface area contributed by atoms with E-state index in [-0.39, 0.29) is 23.3 Å². The lowest BCUT2D eigenvalue weighted by molar-refractivity contribution is -0.129. The highest BCUT2D eigenvalue weighted by Gasteiger charge is 2.18. The Hall–Kier alpha value is -1.33. The van der Waals surface area contributed by atoms with Gasteiger partial charge in [-0.05, 0) is 25.5 Å². The van der Waals surface area contributed by atoms with Crippen LogP contribution in [0, 0.1) is 5.82 Å². The quantitative estimate of drug-likeness (QED) is 0.799. The predicted molar refractivity (Wildman–Crippen MR) is 85.5 cm³/mol. The summed E-state index contributed by atoms with van der Waals surface area (Å²) in [5, 5.41) is 2.91. The second kappa shape index (κ2) is 8.34. The van der Waals surface area contributed by atoms with Crippen molar-refractivity contribution in [2.75, 3.05) is 14.1 Å². The number of carbonyl (C=O) groups excluding carboxylic acids is 2. The zero-order chi connectivity index (χ0) is 16.9.